The van der Waals surface area contributed by atoms with E-state index in [0.29, 0.717) is 11.6 Å². The summed E-state index contributed by atoms with van der Waals surface area (Å²) in [6.07, 6.45) is 1.33. The minimum Gasteiger partial charge on any atom is -0.356 e. The van der Waals surface area contributed by atoms with Gasteiger partial charge in [-0.05, 0) is 30.3 Å². The van der Waals surface area contributed by atoms with Gasteiger partial charge in [-0.1, -0.05) is 24.3 Å². The van der Waals surface area contributed by atoms with Gasteiger partial charge in [-0.25, -0.2) is 18.4 Å². The lowest BCUT2D eigenvalue weighted by Gasteiger charge is -2.15. The summed E-state index contributed by atoms with van der Waals surface area (Å²) in [5, 5.41) is 0. The van der Waals surface area contributed by atoms with Crippen LogP contribution in [0.2, 0.25) is 0 Å². The fourth-order valence-corrected chi connectivity index (χ4v) is 4.91. The third kappa shape index (κ3) is 4.06. The van der Waals surface area contributed by atoms with Gasteiger partial charge in [0.1, 0.15) is 22.2 Å². The zero-order chi connectivity index (χ0) is 23.9. The number of hydrogen-bond donors (Lipinski definition) is 3. The summed E-state index contributed by atoms with van der Waals surface area (Å²) in [6, 6.07) is 16.5. The number of para-hydroxylation sites is 4. The molecule has 0 fully saturated rings. The number of H-pyrrole nitrogens is 3. The predicted octanol–water partition coefficient (Wildman–Crippen LogP) is 2.86. The fourth-order valence-electron chi connectivity index (χ4n) is 3.79. The number of hydrogen-bond acceptors (Lipinski definition) is 5. The Morgan fingerprint density at radius 1 is 0.882 bits per heavy atom. The van der Waals surface area contributed by atoms with E-state index in [1.54, 1.807) is 7.05 Å². The van der Waals surface area contributed by atoms with Crippen LogP contribution in [-0.2, 0) is 23.1 Å². The average molecular weight is 478 g/mol. The van der Waals surface area contributed by atoms with Gasteiger partial charge in [-0.3, -0.25) is 4.79 Å². The van der Waals surface area contributed by atoms with Crippen molar-refractivity contribution in [2.45, 2.75) is 18.0 Å². The molecule has 0 saturated carbocycles. The number of imidazole rings is 2. The van der Waals surface area contributed by atoms with Crippen molar-refractivity contribution in [1.29, 1.82) is 0 Å². The number of sulfonamides is 1. The Bertz CT molecular complexity index is 1530. The molecule has 0 radical (unpaired) electrons. The van der Waals surface area contributed by atoms with Gasteiger partial charge < -0.3 is 19.9 Å². The minimum atomic E-state index is -3.84. The van der Waals surface area contributed by atoms with Crippen LogP contribution >= 0.6 is 0 Å². The first-order chi connectivity index (χ1) is 16.3. The Labute approximate surface area is 195 Å². The van der Waals surface area contributed by atoms with Gasteiger partial charge in [0, 0.05) is 20.3 Å². The number of nitrogens with zero attached hydrogens (tertiary/aromatic N) is 4. The van der Waals surface area contributed by atoms with Gasteiger partial charge in [0.25, 0.3) is 5.91 Å². The molecular weight excluding hydrogens is 454 g/mol. The molecule has 0 spiro atoms. The van der Waals surface area contributed by atoms with E-state index in [-0.39, 0.29) is 29.6 Å². The zero-order valence-corrected chi connectivity index (χ0v) is 19.4. The molecule has 0 unspecified atom stereocenters. The molecule has 3 heterocycles. The van der Waals surface area contributed by atoms with Crippen molar-refractivity contribution in [3.8, 4) is 0 Å². The van der Waals surface area contributed by atoms with Crippen LogP contribution in [-0.4, -0.2) is 62.5 Å². The molecule has 3 N–H and O–H groups in total. The molecule has 11 heteroatoms. The number of benzene rings is 2. The van der Waals surface area contributed by atoms with E-state index in [4.69, 9.17) is 0 Å². The highest BCUT2D eigenvalue weighted by atomic mass is 32.2. The lowest BCUT2D eigenvalue weighted by molar-refractivity contribution is 0.0777. The van der Waals surface area contributed by atoms with E-state index in [1.807, 2.05) is 48.5 Å². The lowest BCUT2D eigenvalue weighted by atomic mass is 10.3. The first-order valence-electron chi connectivity index (χ1n) is 10.6. The van der Waals surface area contributed by atoms with Crippen molar-refractivity contribution < 1.29 is 13.2 Å². The number of rotatable bonds is 7. The van der Waals surface area contributed by atoms with E-state index in [9.17, 15) is 13.2 Å². The van der Waals surface area contributed by atoms with E-state index >= 15 is 0 Å². The largest absolute Gasteiger partial charge is 0.356 e. The molecule has 34 heavy (non-hydrogen) atoms. The molecule has 3 aromatic heterocycles. The van der Waals surface area contributed by atoms with Crippen LogP contribution in [0.1, 0.15) is 22.1 Å². The van der Waals surface area contributed by atoms with Gasteiger partial charge in [-0.15, -0.1) is 0 Å². The van der Waals surface area contributed by atoms with E-state index < -0.39 is 10.0 Å². The number of carbonyl (C=O) groups is 1. The van der Waals surface area contributed by atoms with Crippen molar-refractivity contribution >= 4 is 38.0 Å². The monoisotopic (exact) mass is 477 g/mol. The third-order valence-corrected chi connectivity index (χ3v) is 7.36. The average Bonchev–Trinajstić information content (AvgIpc) is 3.55. The Balaban J connectivity index is 1.29. The van der Waals surface area contributed by atoms with Crippen LogP contribution < -0.4 is 0 Å². The van der Waals surface area contributed by atoms with Crippen LogP contribution in [0.15, 0.2) is 65.7 Å². The van der Waals surface area contributed by atoms with Crippen LogP contribution in [0.25, 0.3) is 22.1 Å². The number of aromatic nitrogens is 5. The summed E-state index contributed by atoms with van der Waals surface area (Å²) in [4.78, 5) is 32.4. The normalized spacial score (nSPS) is 12.1. The van der Waals surface area contributed by atoms with Crippen molar-refractivity contribution in [1.82, 2.24) is 34.1 Å². The summed E-state index contributed by atoms with van der Waals surface area (Å²) in [6.45, 7) is 0.317. The Kier molecular flexibility index (Phi) is 5.42. The number of carbonyl (C=O) groups excluding carboxylic acids is 1. The molecule has 0 saturated heterocycles. The molecule has 1 amide bonds. The maximum Gasteiger partial charge on any atom is 0.270 e. The number of nitrogens with one attached hydrogen (secondary N) is 3. The predicted molar refractivity (Wildman–Crippen MR) is 127 cm³/mol. The number of amides is 1. The molecule has 5 aromatic rings. The van der Waals surface area contributed by atoms with Crippen molar-refractivity contribution in [3.63, 3.8) is 0 Å². The van der Waals surface area contributed by atoms with E-state index in [2.05, 4.69) is 24.9 Å². The maximum atomic E-state index is 13.1. The second kappa shape index (κ2) is 8.43. The van der Waals surface area contributed by atoms with Crippen LogP contribution in [0.3, 0.4) is 0 Å². The molecule has 0 aliphatic heterocycles. The lowest BCUT2D eigenvalue weighted by Crippen LogP contribution is -2.27. The summed E-state index contributed by atoms with van der Waals surface area (Å²) in [5.41, 5.74) is 3.49. The van der Waals surface area contributed by atoms with Crippen LogP contribution in [0.5, 0.6) is 0 Å². The fraction of sp³-hybridized carbons (Fsp3) is 0.174. The summed E-state index contributed by atoms with van der Waals surface area (Å²) >= 11 is 0. The van der Waals surface area contributed by atoms with Crippen LogP contribution in [0, 0.1) is 0 Å². The molecule has 0 bridgehead atoms. The number of aromatic amines is 3. The third-order valence-electron chi connectivity index (χ3n) is 5.58. The van der Waals surface area contributed by atoms with Gasteiger partial charge in [0.2, 0.25) is 10.0 Å². The van der Waals surface area contributed by atoms with Gasteiger partial charge in [0.05, 0.1) is 35.2 Å². The first kappa shape index (κ1) is 21.9. The zero-order valence-electron chi connectivity index (χ0n) is 18.6. The minimum absolute atomic E-state index is 0.00611. The van der Waals surface area contributed by atoms with Gasteiger partial charge in [-0.2, -0.15) is 4.31 Å². The van der Waals surface area contributed by atoms with E-state index in [0.717, 1.165) is 22.1 Å². The summed E-state index contributed by atoms with van der Waals surface area (Å²) in [5.74, 6) is 0.827. The Morgan fingerprint density at radius 3 is 2.03 bits per heavy atom. The highest BCUT2D eigenvalue weighted by Crippen LogP contribution is 2.20. The molecule has 10 nitrogen and oxygen atoms in total. The van der Waals surface area contributed by atoms with Crippen molar-refractivity contribution in [2.75, 3.05) is 14.1 Å². The first-order valence-corrected chi connectivity index (χ1v) is 12.0. The van der Waals surface area contributed by atoms with Gasteiger partial charge >= 0.3 is 0 Å². The van der Waals surface area contributed by atoms with Crippen molar-refractivity contribution in [2.24, 2.45) is 0 Å². The standard InChI is InChI=1S/C23H23N7O3S/c1-29(13-21-25-16-7-3-4-8-17(16)26-21)23(31)20-11-15(12-24-20)34(32,33)30(2)14-22-27-18-9-5-6-10-19(18)28-22/h3-12,24H,13-14H2,1-2H3,(H,25,26)(H,27,28). The molecule has 2 aromatic carbocycles. The molecular formula is C23H23N7O3S. The summed E-state index contributed by atoms with van der Waals surface area (Å²) in [7, 11) is -0.722. The molecule has 174 valence electrons. The quantitative estimate of drug-likeness (QED) is 0.332. The molecule has 0 atom stereocenters. The van der Waals surface area contributed by atoms with E-state index in [1.165, 1.54) is 28.5 Å². The molecule has 0 aliphatic rings. The smallest absolute Gasteiger partial charge is 0.270 e. The second-order valence-electron chi connectivity index (χ2n) is 8.07. The SMILES string of the molecule is CN(Cc1nc2ccccc2[nH]1)C(=O)c1cc(S(=O)(=O)N(C)Cc2nc3ccccc3[nH]2)c[nH]1. The Morgan fingerprint density at radius 2 is 1.44 bits per heavy atom. The van der Waals surface area contributed by atoms with Crippen molar-refractivity contribution in [3.05, 3.63) is 78.1 Å². The highest BCUT2D eigenvalue weighted by Gasteiger charge is 2.25. The highest BCUT2D eigenvalue weighted by molar-refractivity contribution is 7.89. The van der Waals surface area contributed by atoms with Gasteiger partial charge in [0.15, 0.2) is 0 Å². The van der Waals surface area contributed by atoms with Crippen LogP contribution in [0.4, 0.5) is 0 Å². The molecule has 0 aliphatic carbocycles. The maximum absolute atomic E-state index is 13.1. The molecule has 5 rings (SSSR count). The Hall–Kier alpha value is -3.96. The number of fused-ring (bicyclic) bond motifs is 2. The summed E-state index contributed by atoms with van der Waals surface area (Å²) < 4.78 is 27.3. The topological polar surface area (TPSA) is 131 Å². The second-order valence-corrected chi connectivity index (χ2v) is 10.1.